The number of hydrogen-bond donors (Lipinski definition) is 2. The fourth-order valence-electron chi connectivity index (χ4n) is 3.16. The number of nitrogens with one attached hydrogen (secondary N) is 2. The maximum Gasteiger partial charge on any atom is 0.234 e. The average Bonchev–Trinajstić information content (AvgIpc) is 3.29. The highest BCUT2D eigenvalue weighted by Gasteiger charge is 2.16. The van der Waals surface area contributed by atoms with Gasteiger partial charge in [-0.05, 0) is 43.2 Å². The molecule has 1 saturated heterocycles. The summed E-state index contributed by atoms with van der Waals surface area (Å²) in [6.45, 7) is 2.09. The number of anilines is 2. The van der Waals surface area contributed by atoms with Crippen LogP contribution in [-0.4, -0.2) is 34.7 Å². The number of carbonyl (C=O) groups excluding carboxylic acids is 1. The number of aromatic amines is 1. The average molecular weight is 387 g/mol. The molecule has 134 valence electrons. The third-order valence-corrected chi connectivity index (χ3v) is 5.50. The minimum atomic E-state index is -0.0415. The van der Waals surface area contributed by atoms with Gasteiger partial charge in [-0.1, -0.05) is 35.5 Å². The molecule has 0 bridgehead atoms. The van der Waals surface area contributed by atoms with Gasteiger partial charge in [0.2, 0.25) is 5.91 Å². The highest BCUT2D eigenvalue weighted by molar-refractivity contribution is 7.99. The fourth-order valence-corrected chi connectivity index (χ4v) is 4.02. The first kappa shape index (κ1) is 17.2. The summed E-state index contributed by atoms with van der Waals surface area (Å²) in [5.74, 6) is 0.252. The van der Waals surface area contributed by atoms with Crippen LogP contribution in [0.25, 0.3) is 11.0 Å². The number of nitrogens with zero attached hydrogens (tertiary/aromatic N) is 2. The minimum absolute atomic E-state index is 0.0415. The van der Waals surface area contributed by atoms with E-state index in [0.717, 1.165) is 35.5 Å². The van der Waals surface area contributed by atoms with Crippen LogP contribution >= 0.6 is 23.4 Å². The lowest BCUT2D eigenvalue weighted by atomic mass is 10.2. The van der Waals surface area contributed by atoms with Crippen LogP contribution < -0.4 is 10.2 Å². The normalized spacial score (nSPS) is 14.1. The van der Waals surface area contributed by atoms with E-state index in [9.17, 15) is 4.79 Å². The molecule has 4 rings (SSSR count). The Labute approximate surface area is 161 Å². The van der Waals surface area contributed by atoms with Gasteiger partial charge in [0.05, 0.1) is 28.2 Å². The van der Waals surface area contributed by atoms with E-state index in [-0.39, 0.29) is 5.91 Å². The van der Waals surface area contributed by atoms with Gasteiger partial charge in [-0.2, -0.15) is 0 Å². The Hall–Kier alpha value is -2.18. The van der Waals surface area contributed by atoms with Crippen LogP contribution in [0.5, 0.6) is 0 Å². The maximum absolute atomic E-state index is 12.4. The zero-order valence-corrected chi connectivity index (χ0v) is 15.7. The Balaban J connectivity index is 1.41. The van der Waals surface area contributed by atoms with Crippen molar-refractivity contribution in [2.75, 3.05) is 29.1 Å². The molecule has 1 aromatic heterocycles. The molecular formula is C19H19ClN4OS. The van der Waals surface area contributed by atoms with Gasteiger partial charge < -0.3 is 15.2 Å². The van der Waals surface area contributed by atoms with Crippen molar-refractivity contribution in [2.45, 2.75) is 18.0 Å². The van der Waals surface area contributed by atoms with Crippen LogP contribution in [0.15, 0.2) is 47.6 Å². The highest BCUT2D eigenvalue weighted by Crippen LogP contribution is 2.29. The number of fused-ring (bicyclic) bond motifs is 1. The molecule has 26 heavy (non-hydrogen) atoms. The number of imidazole rings is 1. The highest BCUT2D eigenvalue weighted by atomic mass is 35.5. The largest absolute Gasteiger partial charge is 0.370 e. The van der Waals surface area contributed by atoms with Crippen LogP contribution in [0.4, 0.5) is 11.4 Å². The molecule has 0 radical (unpaired) electrons. The zero-order valence-electron chi connectivity index (χ0n) is 14.2. The monoisotopic (exact) mass is 386 g/mol. The lowest BCUT2D eigenvalue weighted by Crippen LogP contribution is -2.21. The number of aromatic nitrogens is 2. The molecule has 1 fully saturated rings. The van der Waals surface area contributed by atoms with Gasteiger partial charge in [-0.3, -0.25) is 4.79 Å². The van der Waals surface area contributed by atoms with Gasteiger partial charge >= 0.3 is 0 Å². The maximum atomic E-state index is 12.4. The summed E-state index contributed by atoms with van der Waals surface area (Å²) in [6, 6.07) is 13.5. The first-order chi connectivity index (χ1) is 12.7. The van der Waals surface area contributed by atoms with Crippen molar-refractivity contribution in [1.29, 1.82) is 0 Å². The summed E-state index contributed by atoms with van der Waals surface area (Å²) in [5, 5.41) is 4.41. The Bertz CT molecular complexity index is 936. The van der Waals surface area contributed by atoms with Crippen LogP contribution in [0, 0.1) is 0 Å². The second-order valence-electron chi connectivity index (χ2n) is 6.25. The summed E-state index contributed by atoms with van der Waals surface area (Å²) in [6.07, 6.45) is 2.41. The number of rotatable bonds is 5. The van der Waals surface area contributed by atoms with E-state index in [1.165, 1.54) is 24.6 Å². The number of para-hydroxylation sites is 2. The smallest absolute Gasteiger partial charge is 0.234 e. The van der Waals surface area contributed by atoms with Gasteiger partial charge in [0.15, 0.2) is 5.16 Å². The second kappa shape index (κ2) is 7.60. The summed E-state index contributed by atoms with van der Waals surface area (Å²) in [4.78, 5) is 22.4. The number of amides is 1. The van der Waals surface area contributed by atoms with Gasteiger partial charge in [-0.25, -0.2) is 4.98 Å². The lowest BCUT2D eigenvalue weighted by molar-refractivity contribution is -0.113. The van der Waals surface area contributed by atoms with Gasteiger partial charge in [0.25, 0.3) is 0 Å². The third-order valence-electron chi connectivity index (χ3n) is 4.39. The molecule has 1 aliphatic heterocycles. The predicted octanol–water partition coefficient (Wildman–Crippen LogP) is 4.55. The predicted molar refractivity (Wildman–Crippen MR) is 108 cm³/mol. The lowest BCUT2D eigenvalue weighted by Gasteiger charge is -2.21. The number of benzene rings is 2. The molecule has 2 aromatic carbocycles. The van der Waals surface area contributed by atoms with Crippen molar-refractivity contribution in [3.05, 3.63) is 47.5 Å². The van der Waals surface area contributed by atoms with Gasteiger partial charge in [-0.15, -0.1) is 0 Å². The summed E-state index contributed by atoms with van der Waals surface area (Å²) < 4.78 is 0. The molecule has 5 nitrogen and oxygen atoms in total. The van der Waals surface area contributed by atoms with E-state index in [1.54, 1.807) is 6.07 Å². The first-order valence-electron chi connectivity index (χ1n) is 8.61. The molecule has 2 heterocycles. The number of hydrogen-bond acceptors (Lipinski definition) is 4. The van der Waals surface area contributed by atoms with Crippen molar-refractivity contribution < 1.29 is 4.79 Å². The van der Waals surface area contributed by atoms with Crippen molar-refractivity contribution >= 4 is 51.7 Å². The molecule has 0 spiro atoms. The summed E-state index contributed by atoms with van der Waals surface area (Å²) >= 11 is 7.37. The standard InChI is InChI=1S/C19H19ClN4OS/c20-13-7-8-14-16(11-13)23-19(22-14)26-12-18(25)21-15-5-1-2-6-17(15)24-9-3-4-10-24/h1-2,5-8,11H,3-4,9-10,12H2,(H,21,25)(H,22,23). The van der Waals surface area contributed by atoms with E-state index in [2.05, 4.69) is 26.3 Å². The molecule has 1 amide bonds. The number of H-pyrrole nitrogens is 1. The van der Waals surface area contributed by atoms with Crippen molar-refractivity contribution in [3.8, 4) is 0 Å². The minimum Gasteiger partial charge on any atom is -0.370 e. The quantitative estimate of drug-likeness (QED) is 0.631. The van der Waals surface area contributed by atoms with Crippen LogP contribution in [-0.2, 0) is 4.79 Å². The molecule has 0 saturated carbocycles. The number of carbonyl (C=O) groups is 1. The fraction of sp³-hybridized carbons (Fsp3) is 0.263. The van der Waals surface area contributed by atoms with Crippen molar-refractivity contribution in [3.63, 3.8) is 0 Å². The van der Waals surface area contributed by atoms with Crippen LogP contribution in [0.3, 0.4) is 0 Å². The SMILES string of the molecule is O=C(CSc1nc2ccc(Cl)cc2[nH]1)Nc1ccccc1N1CCCC1. The van der Waals surface area contributed by atoms with E-state index < -0.39 is 0 Å². The van der Waals surface area contributed by atoms with Crippen LogP contribution in [0.1, 0.15) is 12.8 Å². The molecule has 2 N–H and O–H groups in total. The molecule has 0 unspecified atom stereocenters. The van der Waals surface area contributed by atoms with Crippen LogP contribution in [0.2, 0.25) is 5.02 Å². The Morgan fingerprint density at radius 1 is 1.23 bits per heavy atom. The molecule has 7 heteroatoms. The van der Waals surface area contributed by atoms with Crippen molar-refractivity contribution in [1.82, 2.24) is 9.97 Å². The topological polar surface area (TPSA) is 61.0 Å². The summed E-state index contributed by atoms with van der Waals surface area (Å²) in [5.41, 5.74) is 3.69. The van der Waals surface area contributed by atoms with E-state index in [4.69, 9.17) is 11.6 Å². The van der Waals surface area contributed by atoms with E-state index in [1.807, 2.05) is 30.3 Å². The van der Waals surface area contributed by atoms with E-state index >= 15 is 0 Å². The molecule has 0 aliphatic carbocycles. The first-order valence-corrected chi connectivity index (χ1v) is 9.97. The molecule has 1 aliphatic rings. The van der Waals surface area contributed by atoms with E-state index in [0.29, 0.717) is 15.9 Å². The van der Waals surface area contributed by atoms with Gasteiger partial charge in [0.1, 0.15) is 0 Å². The van der Waals surface area contributed by atoms with Crippen molar-refractivity contribution in [2.24, 2.45) is 0 Å². The van der Waals surface area contributed by atoms with Gasteiger partial charge in [0, 0.05) is 18.1 Å². The number of halogens is 1. The molecule has 0 atom stereocenters. The Morgan fingerprint density at radius 3 is 2.88 bits per heavy atom. The second-order valence-corrected chi connectivity index (χ2v) is 7.65. The third kappa shape index (κ3) is 3.81. The summed E-state index contributed by atoms with van der Waals surface area (Å²) in [7, 11) is 0. The molecule has 3 aromatic rings. The Kier molecular flexibility index (Phi) is 5.04. The molecular weight excluding hydrogens is 368 g/mol. The zero-order chi connectivity index (χ0) is 17.9. The Morgan fingerprint density at radius 2 is 2.04 bits per heavy atom. The number of thioether (sulfide) groups is 1.